The summed E-state index contributed by atoms with van der Waals surface area (Å²) in [6.07, 6.45) is 4.18. The van der Waals surface area contributed by atoms with Crippen LogP contribution in [0.4, 0.5) is 0 Å². The van der Waals surface area contributed by atoms with Crippen molar-refractivity contribution in [1.29, 1.82) is 0 Å². The molecule has 0 saturated heterocycles. The monoisotopic (exact) mass is 195 g/mol. The summed E-state index contributed by atoms with van der Waals surface area (Å²) in [4.78, 5) is 4.33. The lowest BCUT2D eigenvalue weighted by Crippen LogP contribution is -2.44. The number of fused-ring (bicyclic) bond motifs is 1. The summed E-state index contributed by atoms with van der Waals surface area (Å²) in [6, 6.07) is 0. The summed E-state index contributed by atoms with van der Waals surface area (Å²) in [5.41, 5.74) is 5.96. The lowest BCUT2D eigenvalue weighted by Gasteiger charge is -2.32. The molecule has 0 aromatic carbocycles. The van der Waals surface area contributed by atoms with Crippen molar-refractivity contribution < 1.29 is 5.11 Å². The van der Waals surface area contributed by atoms with Gasteiger partial charge in [-0.1, -0.05) is 6.92 Å². The van der Waals surface area contributed by atoms with Crippen molar-refractivity contribution in [2.45, 2.75) is 38.3 Å². The molecule has 0 radical (unpaired) electrons. The molecule has 0 saturated carbocycles. The van der Waals surface area contributed by atoms with Gasteiger partial charge in [-0.15, -0.1) is 0 Å². The number of aryl methyl sites for hydroxylation is 1. The van der Waals surface area contributed by atoms with E-state index < -0.39 is 5.60 Å². The molecule has 0 bridgehead atoms. The molecule has 78 valence electrons. The average Bonchev–Trinajstić information content (AvgIpc) is 2.59. The fraction of sp³-hybridized carbons (Fsp3) is 0.700. The minimum Gasteiger partial charge on any atom is -0.388 e. The Morgan fingerprint density at radius 2 is 2.50 bits per heavy atom. The standard InChI is InChI=1S/C10H17N3O/c1-2-9-12-6-8-5-10(14,7-11)3-4-13(8)9/h6,14H,2-5,7,11H2,1H3. The smallest absolute Gasteiger partial charge is 0.108 e. The molecule has 2 heterocycles. The van der Waals surface area contributed by atoms with Crippen molar-refractivity contribution in [3.8, 4) is 0 Å². The maximum absolute atomic E-state index is 10.0. The van der Waals surface area contributed by atoms with E-state index in [-0.39, 0.29) is 0 Å². The number of aliphatic hydroxyl groups is 1. The van der Waals surface area contributed by atoms with Crippen LogP contribution in [0.15, 0.2) is 6.20 Å². The van der Waals surface area contributed by atoms with Gasteiger partial charge < -0.3 is 15.4 Å². The molecule has 1 unspecified atom stereocenters. The van der Waals surface area contributed by atoms with Crippen LogP contribution in [0.25, 0.3) is 0 Å². The Morgan fingerprint density at radius 1 is 1.71 bits per heavy atom. The van der Waals surface area contributed by atoms with Gasteiger partial charge in [0.25, 0.3) is 0 Å². The van der Waals surface area contributed by atoms with Crippen molar-refractivity contribution in [3.05, 3.63) is 17.7 Å². The maximum atomic E-state index is 10.0. The van der Waals surface area contributed by atoms with E-state index in [4.69, 9.17) is 5.73 Å². The summed E-state index contributed by atoms with van der Waals surface area (Å²) in [5, 5.41) is 10.0. The van der Waals surface area contributed by atoms with E-state index in [1.54, 1.807) is 0 Å². The highest BCUT2D eigenvalue weighted by atomic mass is 16.3. The number of aromatic nitrogens is 2. The normalized spacial score (nSPS) is 26.2. The average molecular weight is 195 g/mol. The van der Waals surface area contributed by atoms with Crippen molar-refractivity contribution in [2.75, 3.05) is 6.54 Å². The summed E-state index contributed by atoms with van der Waals surface area (Å²) in [5.74, 6) is 1.11. The summed E-state index contributed by atoms with van der Waals surface area (Å²) < 4.78 is 2.20. The second kappa shape index (κ2) is 3.37. The predicted molar refractivity (Wildman–Crippen MR) is 53.9 cm³/mol. The third-order valence-electron chi connectivity index (χ3n) is 3.03. The topological polar surface area (TPSA) is 64.1 Å². The summed E-state index contributed by atoms with van der Waals surface area (Å²) in [7, 11) is 0. The van der Waals surface area contributed by atoms with Crippen LogP contribution in [0.5, 0.6) is 0 Å². The molecule has 1 aromatic rings. The molecule has 0 amide bonds. The number of rotatable bonds is 2. The van der Waals surface area contributed by atoms with Gasteiger partial charge in [0.1, 0.15) is 5.82 Å². The van der Waals surface area contributed by atoms with Crippen LogP contribution in [0.1, 0.15) is 24.9 Å². The molecule has 1 aromatic heterocycles. The zero-order chi connectivity index (χ0) is 10.2. The molecule has 1 aliphatic rings. The van der Waals surface area contributed by atoms with Crippen molar-refractivity contribution in [1.82, 2.24) is 9.55 Å². The summed E-state index contributed by atoms with van der Waals surface area (Å²) >= 11 is 0. The predicted octanol–water partition coefficient (Wildman–Crippen LogP) is 0.0815. The van der Waals surface area contributed by atoms with Crippen LogP contribution in [0.3, 0.4) is 0 Å². The highest BCUT2D eigenvalue weighted by Crippen LogP contribution is 2.24. The second-order valence-electron chi connectivity index (χ2n) is 4.03. The van der Waals surface area contributed by atoms with Crippen LogP contribution in [-0.4, -0.2) is 26.8 Å². The third-order valence-corrected chi connectivity index (χ3v) is 3.03. The molecular formula is C10H17N3O. The maximum Gasteiger partial charge on any atom is 0.108 e. The first kappa shape index (κ1) is 9.68. The molecule has 1 aliphatic heterocycles. The highest BCUT2D eigenvalue weighted by molar-refractivity contribution is 5.12. The Bertz CT molecular complexity index is 334. The SMILES string of the molecule is CCc1ncc2n1CCC(O)(CN)C2. The van der Waals surface area contributed by atoms with Crippen LogP contribution in [0, 0.1) is 0 Å². The van der Waals surface area contributed by atoms with Gasteiger partial charge in [0, 0.05) is 37.8 Å². The first-order chi connectivity index (χ1) is 6.68. The van der Waals surface area contributed by atoms with E-state index in [1.165, 1.54) is 0 Å². The van der Waals surface area contributed by atoms with Crippen LogP contribution in [0.2, 0.25) is 0 Å². The van der Waals surface area contributed by atoms with E-state index in [1.807, 2.05) is 6.20 Å². The lowest BCUT2D eigenvalue weighted by atomic mass is 9.91. The Balaban J connectivity index is 2.28. The molecule has 0 spiro atoms. The molecule has 2 rings (SSSR count). The van der Waals surface area contributed by atoms with Gasteiger partial charge >= 0.3 is 0 Å². The molecule has 14 heavy (non-hydrogen) atoms. The van der Waals surface area contributed by atoms with E-state index in [0.717, 1.165) is 30.9 Å². The van der Waals surface area contributed by atoms with E-state index >= 15 is 0 Å². The van der Waals surface area contributed by atoms with E-state index in [9.17, 15) is 5.11 Å². The summed E-state index contributed by atoms with van der Waals surface area (Å²) in [6.45, 7) is 3.27. The zero-order valence-electron chi connectivity index (χ0n) is 8.53. The minimum absolute atomic E-state index is 0.333. The zero-order valence-corrected chi connectivity index (χ0v) is 8.53. The highest BCUT2D eigenvalue weighted by Gasteiger charge is 2.31. The molecule has 0 fully saturated rings. The third kappa shape index (κ3) is 1.44. The van der Waals surface area contributed by atoms with Crippen molar-refractivity contribution >= 4 is 0 Å². The van der Waals surface area contributed by atoms with Gasteiger partial charge in [0.2, 0.25) is 0 Å². The quantitative estimate of drug-likeness (QED) is 0.702. The molecular weight excluding hydrogens is 178 g/mol. The van der Waals surface area contributed by atoms with Gasteiger partial charge in [-0.25, -0.2) is 4.98 Å². The van der Waals surface area contributed by atoms with Gasteiger partial charge in [-0.2, -0.15) is 0 Å². The van der Waals surface area contributed by atoms with Crippen LogP contribution >= 0.6 is 0 Å². The Morgan fingerprint density at radius 3 is 3.14 bits per heavy atom. The lowest BCUT2D eigenvalue weighted by molar-refractivity contribution is 0.0238. The van der Waals surface area contributed by atoms with E-state index in [2.05, 4.69) is 16.5 Å². The van der Waals surface area contributed by atoms with Crippen molar-refractivity contribution in [3.63, 3.8) is 0 Å². The molecule has 0 aliphatic carbocycles. The van der Waals surface area contributed by atoms with E-state index in [0.29, 0.717) is 13.0 Å². The number of hydrogen-bond donors (Lipinski definition) is 2. The number of nitrogens with two attached hydrogens (primary N) is 1. The molecule has 4 heteroatoms. The van der Waals surface area contributed by atoms with Gasteiger partial charge in [0.05, 0.1) is 5.60 Å². The fourth-order valence-corrected chi connectivity index (χ4v) is 2.07. The van der Waals surface area contributed by atoms with Crippen LogP contribution in [-0.2, 0) is 19.4 Å². The first-order valence-electron chi connectivity index (χ1n) is 5.14. The molecule has 1 atom stereocenters. The van der Waals surface area contributed by atoms with Gasteiger partial charge in [-0.3, -0.25) is 0 Å². The van der Waals surface area contributed by atoms with Crippen LogP contribution < -0.4 is 5.73 Å². The number of hydrogen-bond acceptors (Lipinski definition) is 3. The second-order valence-corrected chi connectivity index (χ2v) is 4.03. The Kier molecular flexibility index (Phi) is 2.33. The number of imidazole rings is 1. The fourth-order valence-electron chi connectivity index (χ4n) is 2.07. The molecule has 4 nitrogen and oxygen atoms in total. The Hall–Kier alpha value is -0.870. The number of nitrogens with zero attached hydrogens (tertiary/aromatic N) is 2. The largest absolute Gasteiger partial charge is 0.388 e. The molecule has 3 N–H and O–H groups in total. The van der Waals surface area contributed by atoms with Gasteiger partial charge in [-0.05, 0) is 6.42 Å². The Labute approximate surface area is 83.8 Å². The van der Waals surface area contributed by atoms with Gasteiger partial charge in [0.15, 0.2) is 0 Å². The minimum atomic E-state index is -0.707. The van der Waals surface area contributed by atoms with Crippen molar-refractivity contribution in [2.24, 2.45) is 5.73 Å². The first-order valence-corrected chi connectivity index (χ1v) is 5.14.